The van der Waals surface area contributed by atoms with Crippen LogP contribution in [0.1, 0.15) is 17.5 Å². The molecule has 0 spiro atoms. The highest BCUT2D eigenvalue weighted by atomic mass is 35.5. The number of carbonyl (C=O) groups is 2. The highest BCUT2D eigenvalue weighted by Gasteiger charge is 2.35. The van der Waals surface area contributed by atoms with E-state index in [0.717, 1.165) is 12.1 Å². The van der Waals surface area contributed by atoms with Crippen molar-refractivity contribution >= 4 is 29.4 Å². The largest absolute Gasteiger partial charge is 0.416 e. The summed E-state index contributed by atoms with van der Waals surface area (Å²) >= 11 is 6.13. The maximum Gasteiger partial charge on any atom is 0.416 e. The first-order valence-electron chi connectivity index (χ1n) is 9.63. The molecule has 0 radical (unpaired) electrons. The molecule has 0 saturated carbocycles. The monoisotopic (exact) mass is 463 g/mol. The van der Waals surface area contributed by atoms with Crippen molar-refractivity contribution in [1.29, 1.82) is 0 Å². The van der Waals surface area contributed by atoms with Crippen LogP contribution in [0.2, 0.25) is 5.02 Å². The van der Waals surface area contributed by atoms with Crippen LogP contribution in [0.5, 0.6) is 0 Å². The summed E-state index contributed by atoms with van der Waals surface area (Å²) in [4.78, 5) is 30.5. The van der Waals surface area contributed by atoms with Crippen molar-refractivity contribution in [2.45, 2.75) is 19.1 Å². The second kappa shape index (κ2) is 8.62. The normalized spacial score (nSPS) is 16.4. The summed E-state index contributed by atoms with van der Waals surface area (Å²) in [7, 11) is 0. The van der Waals surface area contributed by atoms with E-state index in [-0.39, 0.29) is 31.4 Å². The van der Waals surface area contributed by atoms with E-state index in [9.17, 15) is 22.8 Å². The number of nitrogens with zero attached hydrogens (tertiary/aromatic N) is 3. The van der Waals surface area contributed by atoms with Crippen LogP contribution in [0.15, 0.2) is 48.5 Å². The van der Waals surface area contributed by atoms with Gasteiger partial charge in [0.1, 0.15) is 0 Å². The zero-order valence-corrected chi connectivity index (χ0v) is 17.2. The van der Waals surface area contributed by atoms with Crippen molar-refractivity contribution in [3.05, 3.63) is 64.7 Å². The average Bonchev–Trinajstić information content (AvgIpc) is 3.35. The van der Waals surface area contributed by atoms with Crippen LogP contribution in [0, 0.1) is 5.92 Å². The number of carbonyl (C=O) groups excluding carboxylic acids is 2. The number of benzene rings is 2. The van der Waals surface area contributed by atoms with E-state index in [1.807, 2.05) is 0 Å². The molecule has 1 aromatic heterocycles. The van der Waals surface area contributed by atoms with Gasteiger partial charge in [-0.3, -0.25) is 20.0 Å². The Morgan fingerprint density at radius 1 is 1.22 bits per heavy atom. The Kier molecular flexibility index (Phi) is 5.88. The minimum atomic E-state index is -4.47. The molecule has 7 nitrogen and oxygen atoms in total. The van der Waals surface area contributed by atoms with E-state index in [1.165, 1.54) is 17.0 Å². The highest BCUT2D eigenvalue weighted by molar-refractivity contribution is 6.33. The van der Waals surface area contributed by atoms with Gasteiger partial charge >= 0.3 is 6.18 Å². The number of alkyl halides is 3. The van der Waals surface area contributed by atoms with Gasteiger partial charge in [0.25, 0.3) is 0 Å². The lowest BCUT2D eigenvalue weighted by molar-refractivity contribution is -0.137. The Morgan fingerprint density at radius 3 is 2.75 bits per heavy atom. The van der Waals surface area contributed by atoms with Crippen LogP contribution in [-0.4, -0.2) is 38.4 Å². The zero-order valence-electron chi connectivity index (χ0n) is 16.5. The minimum Gasteiger partial charge on any atom is -0.338 e. The van der Waals surface area contributed by atoms with Gasteiger partial charge in [0.05, 0.1) is 16.5 Å². The minimum absolute atomic E-state index is 0.0101. The first-order chi connectivity index (χ1) is 15.2. The summed E-state index contributed by atoms with van der Waals surface area (Å²) in [5, 5.41) is 9.68. The molecule has 1 unspecified atom stereocenters. The molecule has 1 aliphatic rings. The maximum absolute atomic E-state index is 12.9. The number of amides is 2. The number of aromatic nitrogens is 3. The van der Waals surface area contributed by atoms with Crippen molar-refractivity contribution in [1.82, 2.24) is 20.1 Å². The Hall–Kier alpha value is -3.40. The van der Waals surface area contributed by atoms with Gasteiger partial charge in [-0.15, -0.1) is 5.10 Å². The van der Waals surface area contributed by atoms with Crippen LogP contribution in [0.3, 0.4) is 0 Å². The van der Waals surface area contributed by atoms with E-state index >= 15 is 0 Å². The van der Waals surface area contributed by atoms with E-state index in [4.69, 9.17) is 11.6 Å². The van der Waals surface area contributed by atoms with Gasteiger partial charge in [0.15, 0.2) is 5.82 Å². The van der Waals surface area contributed by atoms with E-state index < -0.39 is 23.6 Å². The summed E-state index contributed by atoms with van der Waals surface area (Å²) in [5.41, 5.74) is 0.174. The number of anilines is 1. The Balaban J connectivity index is 1.39. The molecule has 0 bridgehead atoms. The van der Waals surface area contributed by atoms with E-state index in [0.29, 0.717) is 22.0 Å². The molecule has 166 valence electrons. The molecule has 11 heteroatoms. The van der Waals surface area contributed by atoms with Crippen molar-refractivity contribution < 1.29 is 22.8 Å². The fraction of sp³-hybridized carbons (Fsp3) is 0.238. The van der Waals surface area contributed by atoms with Gasteiger partial charge in [0, 0.05) is 25.1 Å². The quantitative estimate of drug-likeness (QED) is 0.595. The standard InChI is InChI=1S/C21H17ClF3N5O2/c22-16-7-2-1-6-15(16)18-26-20(29-28-18)27-19(32)13-9-17(31)30(11-13)10-12-4-3-5-14(8-12)21(23,24)25/h1-8,13H,9-11H2,(H2,26,27,28,29,32). The molecule has 2 amide bonds. The molecule has 2 aromatic carbocycles. The van der Waals surface area contributed by atoms with Crippen LogP contribution >= 0.6 is 11.6 Å². The lowest BCUT2D eigenvalue weighted by Crippen LogP contribution is -2.28. The summed E-state index contributed by atoms with van der Waals surface area (Å²) < 4.78 is 38.7. The molecule has 0 aliphatic carbocycles. The second-order valence-electron chi connectivity index (χ2n) is 7.35. The third-order valence-corrected chi connectivity index (χ3v) is 5.39. The van der Waals surface area contributed by atoms with Crippen molar-refractivity contribution in [3.8, 4) is 11.4 Å². The SMILES string of the molecule is O=C(Nc1n[nH]c(-c2ccccc2Cl)n1)C1CC(=O)N(Cc2cccc(C(F)(F)F)c2)C1. The summed E-state index contributed by atoms with van der Waals surface area (Å²) in [6.07, 6.45) is -4.51. The topological polar surface area (TPSA) is 91.0 Å². The van der Waals surface area contributed by atoms with Gasteiger partial charge < -0.3 is 4.90 Å². The third kappa shape index (κ3) is 4.75. The Bertz CT molecular complexity index is 1160. The van der Waals surface area contributed by atoms with Crippen LogP contribution < -0.4 is 5.32 Å². The zero-order chi connectivity index (χ0) is 22.9. The van der Waals surface area contributed by atoms with E-state index in [1.54, 1.807) is 24.3 Å². The molecule has 1 fully saturated rings. The Morgan fingerprint density at radius 2 is 2.00 bits per heavy atom. The lowest BCUT2D eigenvalue weighted by Gasteiger charge is -2.17. The first-order valence-corrected chi connectivity index (χ1v) is 10.0. The average molecular weight is 464 g/mol. The first kappa shape index (κ1) is 21.8. The number of likely N-dealkylation sites (tertiary alicyclic amines) is 1. The van der Waals surface area contributed by atoms with Crippen molar-refractivity contribution in [2.24, 2.45) is 5.92 Å². The molecular formula is C21H17ClF3N5O2. The summed E-state index contributed by atoms with van der Waals surface area (Å²) in [6.45, 7) is 0.0759. The van der Waals surface area contributed by atoms with Gasteiger partial charge in [-0.2, -0.15) is 18.2 Å². The van der Waals surface area contributed by atoms with Crippen LogP contribution in [0.4, 0.5) is 19.1 Å². The molecule has 32 heavy (non-hydrogen) atoms. The predicted molar refractivity (Wildman–Crippen MR) is 110 cm³/mol. The summed E-state index contributed by atoms with van der Waals surface area (Å²) in [6, 6.07) is 11.8. The second-order valence-corrected chi connectivity index (χ2v) is 7.76. The van der Waals surface area contributed by atoms with Crippen LogP contribution in [-0.2, 0) is 22.3 Å². The number of hydrogen-bond donors (Lipinski definition) is 2. The number of halogens is 4. The molecule has 2 N–H and O–H groups in total. The Labute approximate surface area is 185 Å². The maximum atomic E-state index is 12.9. The van der Waals surface area contributed by atoms with Gasteiger partial charge in [-0.25, -0.2) is 0 Å². The van der Waals surface area contributed by atoms with Gasteiger partial charge in [-0.1, -0.05) is 35.9 Å². The molecule has 1 saturated heterocycles. The van der Waals surface area contributed by atoms with Gasteiger partial charge in [0.2, 0.25) is 17.8 Å². The van der Waals surface area contributed by atoms with Gasteiger partial charge in [-0.05, 0) is 29.8 Å². The molecule has 1 aliphatic heterocycles. The smallest absolute Gasteiger partial charge is 0.338 e. The number of H-pyrrole nitrogens is 1. The van der Waals surface area contributed by atoms with Crippen molar-refractivity contribution in [3.63, 3.8) is 0 Å². The molecule has 2 heterocycles. The molecule has 3 aromatic rings. The molecule has 4 rings (SSSR count). The predicted octanol–water partition coefficient (Wildman–Crippen LogP) is 4.13. The van der Waals surface area contributed by atoms with E-state index in [2.05, 4.69) is 20.5 Å². The number of nitrogens with one attached hydrogen (secondary N) is 2. The third-order valence-electron chi connectivity index (χ3n) is 5.06. The fourth-order valence-electron chi connectivity index (χ4n) is 3.47. The number of hydrogen-bond acceptors (Lipinski definition) is 4. The fourth-order valence-corrected chi connectivity index (χ4v) is 3.70. The van der Waals surface area contributed by atoms with Crippen LogP contribution in [0.25, 0.3) is 11.4 Å². The number of aromatic amines is 1. The highest BCUT2D eigenvalue weighted by Crippen LogP contribution is 2.30. The molecule has 1 atom stereocenters. The summed E-state index contributed by atoms with van der Waals surface area (Å²) in [5.74, 6) is -1.02. The lowest BCUT2D eigenvalue weighted by atomic mass is 10.1. The van der Waals surface area contributed by atoms with Crippen molar-refractivity contribution in [2.75, 3.05) is 11.9 Å². The molecular weight excluding hydrogens is 447 g/mol. The number of rotatable bonds is 5.